The summed E-state index contributed by atoms with van der Waals surface area (Å²) < 4.78 is 0. The van der Waals surface area contributed by atoms with E-state index >= 15 is 0 Å². The Morgan fingerprint density at radius 3 is 2.91 bits per heavy atom. The normalized spacial score (nSPS) is 21.5. The van der Waals surface area contributed by atoms with Crippen LogP contribution in [0.3, 0.4) is 0 Å². The van der Waals surface area contributed by atoms with E-state index in [9.17, 15) is 10.1 Å². The highest BCUT2D eigenvalue weighted by Gasteiger charge is 2.24. The lowest BCUT2D eigenvalue weighted by Gasteiger charge is -2.25. The van der Waals surface area contributed by atoms with Gasteiger partial charge in [-0.3, -0.25) is 4.79 Å². The van der Waals surface area contributed by atoms with E-state index in [1.165, 1.54) is 29.7 Å². The molecule has 1 N–H and O–H groups in total. The maximum absolute atomic E-state index is 12.3. The van der Waals surface area contributed by atoms with E-state index in [0.29, 0.717) is 17.9 Å². The summed E-state index contributed by atoms with van der Waals surface area (Å²) in [5.41, 5.74) is 1.89. The van der Waals surface area contributed by atoms with E-state index in [4.69, 9.17) is 0 Å². The van der Waals surface area contributed by atoms with Crippen molar-refractivity contribution in [3.8, 4) is 6.07 Å². The summed E-state index contributed by atoms with van der Waals surface area (Å²) >= 11 is 1.61. The van der Waals surface area contributed by atoms with Crippen molar-refractivity contribution >= 4 is 22.2 Å². The highest BCUT2D eigenvalue weighted by Crippen LogP contribution is 2.39. The van der Waals surface area contributed by atoms with Crippen molar-refractivity contribution in [3.63, 3.8) is 0 Å². The molecule has 1 aromatic heterocycles. The van der Waals surface area contributed by atoms with Gasteiger partial charge in [-0.25, -0.2) is 0 Å². The first-order valence-electron chi connectivity index (χ1n) is 8.74. The van der Waals surface area contributed by atoms with Gasteiger partial charge in [0.2, 0.25) is 5.91 Å². The molecule has 1 aliphatic heterocycles. The van der Waals surface area contributed by atoms with Crippen LogP contribution in [-0.2, 0) is 17.6 Å². The molecule has 0 bridgehead atoms. The summed E-state index contributed by atoms with van der Waals surface area (Å²) in [6.07, 6.45) is 7.47. The number of thiophene rings is 1. The van der Waals surface area contributed by atoms with Gasteiger partial charge in [0.25, 0.3) is 0 Å². The standard InChI is InChI=1S/C18H25N3OS/c1-13-5-6-14-15(12-19)18(23-16(14)11-13)20-17(22)7-10-21-8-3-2-4-9-21/h13H,2-11H2,1H3,(H,20,22)/t13-/m0/s1. The third-order valence-corrected chi connectivity index (χ3v) is 6.15. The lowest BCUT2D eigenvalue weighted by Crippen LogP contribution is -2.32. The summed E-state index contributed by atoms with van der Waals surface area (Å²) in [5, 5.41) is 13.2. The number of carbonyl (C=O) groups excluding carboxylic acids is 1. The van der Waals surface area contributed by atoms with E-state index in [1.54, 1.807) is 11.3 Å². The number of anilines is 1. The Labute approximate surface area is 142 Å². The molecule has 0 radical (unpaired) electrons. The summed E-state index contributed by atoms with van der Waals surface area (Å²) in [5.74, 6) is 0.717. The fourth-order valence-electron chi connectivity index (χ4n) is 3.59. The van der Waals surface area contributed by atoms with Gasteiger partial charge >= 0.3 is 0 Å². The third kappa shape index (κ3) is 3.94. The van der Waals surface area contributed by atoms with Gasteiger partial charge in [0.1, 0.15) is 11.1 Å². The number of fused-ring (bicyclic) bond motifs is 1. The van der Waals surface area contributed by atoms with E-state index in [-0.39, 0.29) is 5.91 Å². The number of nitrogens with zero attached hydrogens (tertiary/aromatic N) is 2. The molecule has 2 aliphatic rings. The smallest absolute Gasteiger partial charge is 0.226 e. The van der Waals surface area contributed by atoms with E-state index in [2.05, 4.69) is 23.2 Å². The number of rotatable bonds is 4. The Morgan fingerprint density at radius 2 is 2.17 bits per heavy atom. The van der Waals surface area contributed by atoms with Gasteiger partial charge in [0.05, 0.1) is 5.56 Å². The Hall–Kier alpha value is -1.38. The van der Waals surface area contributed by atoms with Crippen LogP contribution in [0.25, 0.3) is 0 Å². The van der Waals surface area contributed by atoms with Crippen LogP contribution in [0.4, 0.5) is 5.00 Å². The second-order valence-electron chi connectivity index (χ2n) is 6.87. The number of carbonyl (C=O) groups is 1. The molecule has 23 heavy (non-hydrogen) atoms. The molecule has 4 nitrogen and oxygen atoms in total. The van der Waals surface area contributed by atoms with Crippen molar-refractivity contribution < 1.29 is 4.79 Å². The molecule has 0 aromatic carbocycles. The van der Waals surface area contributed by atoms with Gasteiger partial charge in [-0.05, 0) is 56.7 Å². The molecule has 5 heteroatoms. The Kier molecular flexibility index (Phi) is 5.34. The van der Waals surface area contributed by atoms with E-state index in [0.717, 1.165) is 43.9 Å². The fraction of sp³-hybridized carbons (Fsp3) is 0.667. The minimum Gasteiger partial charge on any atom is -0.317 e. The van der Waals surface area contributed by atoms with Gasteiger partial charge in [-0.1, -0.05) is 13.3 Å². The van der Waals surface area contributed by atoms with Gasteiger partial charge < -0.3 is 10.2 Å². The summed E-state index contributed by atoms with van der Waals surface area (Å²) in [7, 11) is 0. The molecule has 1 amide bonds. The van der Waals surface area contributed by atoms with Crippen molar-refractivity contribution in [2.45, 2.75) is 51.9 Å². The first-order valence-corrected chi connectivity index (χ1v) is 9.56. The maximum atomic E-state index is 12.3. The zero-order valence-electron chi connectivity index (χ0n) is 13.9. The van der Waals surface area contributed by atoms with Gasteiger partial charge in [-0.2, -0.15) is 5.26 Å². The fourth-order valence-corrected chi connectivity index (χ4v) is 4.97. The number of piperidine rings is 1. The molecule has 1 fully saturated rings. The molecule has 0 saturated carbocycles. The van der Waals surface area contributed by atoms with Crippen LogP contribution >= 0.6 is 11.3 Å². The first kappa shape index (κ1) is 16.5. The Morgan fingerprint density at radius 1 is 1.39 bits per heavy atom. The van der Waals surface area contributed by atoms with Gasteiger partial charge in [-0.15, -0.1) is 11.3 Å². The average Bonchev–Trinajstić information content (AvgIpc) is 2.89. The monoisotopic (exact) mass is 331 g/mol. The molecule has 3 rings (SSSR count). The lowest BCUT2D eigenvalue weighted by molar-refractivity contribution is -0.116. The minimum absolute atomic E-state index is 0.0405. The molecular weight excluding hydrogens is 306 g/mol. The van der Waals surface area contributed by atoms with Gasteiger partial charge in [0, 0.05) is 17.8 Å². The number of nitriles is 1. The Bertz CT molecular complexity index is 611. The van der Waals surface area contributed by atoms with Crippen molar-refractivity contribution in [3.05, 3.63) is 16.0 Å². The summed E-state index contributed by atoms with van der Waals surface area (Å²) in [6, 6.07) is 2.31. The molecule has 1 aliphatic carbocycles. The molecular formula is C18H25N3OS. The first-order chi connectivity index (χ1) is 11.2. The predicted molar refractivity (Wildman–Crippen MR) is 93.8 cm³/mol. The van der Waals surface area contributed by atoms with Crippen molar-refractivity contribution in [1.29, 1.82) is 5.26 Å². The lowest BCUT2D eigenvalue weighted by atomic mass is 9.89. The van der Waals surface area contributed by atoms with Gasteiger partial charge in [0.15, 0.2) is 0 Å². The van der Waals surface area contributed by atoms with Crippen LogP contribution < -0.4 is 5.32 Å². The molecule has 124 valence electrons. The SMILES string of the molecule is C[C@H]1CCc2c(sc(NC(=O)CCN3CCCCC3)c2C#N)C1. The molecule has 1 atom stereocenters. The number of nitrogens with one attached hydrogen (secondary N) is 1. The zero-order valence-corrected chi connectivity index (χ0v) is 14.7. The highest BCUT2D eigenvalue weighted by molar-refractivity contribution is 7.16. The van der Waals surface area contributed by atoms with Crippen molar-refractivity contribution in [2.24, 2.45) is 5.92 Å². The second-order valence-corrected chi connectivity index (χ2v) is 7.97. The molecule has 2 heterocycles. The van der Waals surface area contributed by atoms with E-state index in [1.807, 2.05) is 0 Å². The zero-order chi connectivity index (χ0) is 16.2. The topological polar surface area (TPSA) is 56.1 Å². The molecule has 1 saturated heterocycles. The van der Waals surface area contributed by atoms with Crippen LogP contribution in [0, 0.1) is 17.2 Å². The van der Waals surface area contributed by atoms with E-state index < -0.39 is 0 Å². The Balaban J connectivity index is 1.61. The number of amides is 1. The van der Waals surface area contributed by atoms with Crippen LogP contribution in [0.2, 0.25) is 0 Å². The number of hydrogen-bond donors (Lipinski definition) is 1. The summed E-state index contributed by atoms with van der Waals surface area (Å²) in [4.78, 5) is 15.9. The molecule has 1 aromatic rings. The molecule has 0 unspecified atom stereocenters. The van der Waals surface area contributed by atoms with Crippen LogP contribution in [0.15, 0.2) is 0 Å². The average molecular weight is 331 g/mol. The number of hydrogen-bond acceptors (Lipinski definition) is 4. The third-order valence-electron chi connectivity index (χ3n) is 4.98. The minimum atomic E-state index is 0.0405. The predicted octanol–water partition coefficient (Wildman–Crippen LogP) is 3.56. The maximum Gasteiger partial charge on any atom is 0.226 e. The quantitative estimate of drug-likeness (QED) is 0.918. The van der Waals surface area contributed by atoms with Crippen molar-refractivity contribution in [2.75, 3.05) is 25.0 Å². The summed E-state index contributed by atoms with van der Waals surface area (Å²) in [6.45, 7) is 5.31. The van der Waals surface area contributed by atoms with Crippen LogP contribution in [0.5, 0.6) is 0 Å². The van der Waals surface area contributed by atoms with Crippen LogP contribution in [0.1, 0.15) is 55.0 Å². The molecule has 0 spiro atoms. The highest BCUT2D eigenvalue weighted by atomic mass is 32.1. The van der Waals surface area contributed by atoms with Crippen LogP contribution in [-0.4, -0.2) is 30.4 Å². The van der Waals surface area contributed by atoms with Crippen molar-refractivity contribution in [1.82, 2.24) is 4.90 Å². The largest absolute Gasteiger partial charge is 0.317 e. The number of likely N-dealkylation sites (tertiary alicyclic amines) is 1. The second kappa shape index (κ2) is 7.46.